The van der Waals surface area contributed by atoms with E-state index in [0.29, 0.717) is 0 Å². The van der Waals surface area contributed by atoms with Crippen LogP contribution in [0, 0.1) is 13.8 Å². The Kier molecular flexibility index (Phi) is 13.1. The molecule has 158 valence electrons. The van der Waals surface area contributed by atoms with Crippen molar-refractivity contribution in [1.82, 2.24) is 0 Å². The number of hydrogen-bond donors (Lipinski definition) is 0. The summed E-state index contributed by atoms with van der Waals surface area (Å²) >= 11 is 18.1. The number of aryl methyl sites for hydroxylation is 2. The number of rotatable bonds is 6. The van der Waals surface area contributed by atoms with Crippen molar-refractivity contribution < 1.29 is 36.3 Å². The van der Waals surface area contributed by atoms with Gasteiger partial charge in [-0.05, 0) is 38.1 Å². The first kappa shape index (κ1) is 29.3. The standard InChI is InChI=1S/2C8H10NO2S3.Zn/c2*1-6-2-4-7(5-3-6)14(10,11)9-8(12)13;/h2*2-5,8,12-13H,1H3;/q2*-1;/p-4. The summed E-state index contributed by atoms with van der Waals surface area (Å²) in [5.41, 5.74) is 1.97. The Morgan fingerprint density at radius 2 is 0.862 bits per heavy atom. The minimum atomic E-state index is -3.66. The van der Waals surface area contributed by atoms with E-state index in [4.69, 9.17) is 0 Å². The van der Waals surface area contributed by atoms with Crippen LogP contribution in [0.1, 0.15) is 11.1 Å². The van der Waals surface area contributed by atoms with E-state index in [0.717, 1.165) is 11.1 Å². The second-order valence-electron chi connectivity index (χ2n) is 5.40. The molecule has 0 spiro atoms. The Morgan fingerprint density at radius 1 is 0.621 bits per heavy atom. The monoisotopic (exact) mass is 556 g/mol. The smallest absolute Gasteiger partial charge is 0.0985 e. The molecule has 0 saturated carbocycles. The Labute approximate surface area is 207 Å². The molecular weight excluding hydrogens is 542 g/mol. The van der Waals surface area contributed by atoms with Crippen LogP contribution in [-0.2, 0) is 90.0 Å². The Bertz CT molecular complexity index is 882. The van der Waals surface area contributed by atoms with Crippen LogP contribution in [0.4, 0.5) is 0 Å². The van der Waals surface area contributed by atoms with Gasteiger partial charge in [-0.1, -0.05) is 35.4 Å². The normalized spacial score (nSPS) is 11.6. The maximum Gasteiger partial charge on any atom is 0.0985 e. The molecule has 0 heterocycles. The van der Waals surface area contributed by atoms with Crippen LogP contribution in [0.25, 0.3) is 9.44 Å². The predicted octanol–water partition coefficient (Wildman–Crippen LogP) is 2.87. The number of benzene rings is 2. The van der Waals surface area contributed by atoms with E-state index in [-0.39, 0.29) is 29.3 Å². The first-order valence-corrected chi connectivity index (χ1v) is 12.3. The van der Waals surface area contributed by atoms with Gasteiger partial charge in [-0.25, -0.2) is 16.8 Å². The van der Waals surface area contributed by atoms with Crippen LogP contribution < -0.4 is 0 Å². The van der Waals surface area contributed by atoms with Gasteiger partial charge < -0.3 is 69.4 Å². The second-order valence-corrected chi connectivity index (χ2v) is 11.0. The zero-order valence-electron chi connectivity index (χ0n) is 15.5. The van der Waals surface area contributed by atoms with Gasteiger partial charge >= 0.3 is 0 Å². The Morgan fingerprint density at radius 3 is 1.07 bits per heavy atom. The van der Waals surface area contributed by atoms with Crippen molar-refractivity contribution in [3.05, 3.63) is 69.1 Å². The van der Waals surface area contributed by atoms with E-state index >= 15 is 0 Å². The zero-order valence-corrected chi connectivity index (χ0v) is 23.3. The van der Waals surface area contributed by atoms with Crippen molar-refractivity contribution in [3.63, 3.8) is 0 Å². The van der Waals surface area contributed by atoms with Crippen molar-refractivity contribution in [2.24, 2.45) is 0 Å². The van der Waals surface area contributed by atoms with E-state index in [1.807, 2.05) is 13.8 Å². The molecule has 29 heavy (non-hydrogen) atoms. The molecule has 0 bridgehead atoms. The van der Waals surface area contributed by atoms with E-state index in [1.54, 1.807) is 24.3 Å². The molecule has 0 N–H and O–H groups in total. The molecule has 0 radical (unpaired) electrons. The van der Waals surface area contributed by atoms with Crippen molar-refractivity contribution in [1.29, 1.82) is 0 Å². The van der Waals surface area contributed by atoms with Crippen molar-refractivity contribution >= 4 is 70.6 Å². The minimum absolute atomic E-state index is 0. The van der Waals surface area contributed by atoms with E-state index in [9.17, 15) is 16.8 Å². The fourth-order valence-corrected chi connectivity index (χ4v) is 4.79. The largest absolute Gasteiger partial charge is 0.836 e. The number of nitrogens with zero attached hydrogens (tertiary/aromatic N) is 2. The maximum absolute atomic E-state index is 11.5. The summed E-state index contributed by atoms with van der Waals surface area (Å²) in [6, 6.07) is 12.7. The molecule has 2 rings (SSSR count). The third-order valence-electron chi connectivity index (χ3n) is 3.09. The molecule has 0 fully saturated rings. The topological polar surface area (TPSA) is 96.5 Å². The molecule has 0 aromatic heterocycles. The summed E-state index contributed by atoms with van der Waals surface area (Å²) in [5, 5.41) is 0. The van der Waals surface area contributed by atoms with Crippen LogP contribution in [-0.4, -0.2) is 26.2 Å². The third kappa shape index (κ3) is 10.9. The van der Waals surface area contributed by atoms with Gasteiger partial charge in [0.15, 0.2) is 0 Å². The summed E-state index contributed by atoms with van der Waals surface area (Å²) in [7, 11) is -7.32. The summed E-state index contributed by atoms with van der Waals surface area (Å²) in [4.78, 5) is 0.255. The predicted molar refractivity (Wildman–Crippen MR) is 120 cm³/mol. The molecule has 0 saturated heterocycles. The van der Waals surface area contributed by atoms with Gasteiger partial charge in [0.1, 0.15) is 0 Å². The minimum Gasteiger partial charge on any atom is -0.836 e. The van der Waals surface area contributed by atoms with Crippen LogP contribution in [0.15, 0.2) is 58.3 Å². The molecule has 0 unspecified atom stereocenters. The van der Waals surface area contributed by atoms with Gasteiger partial charge in [0, 0.05) is 29.3 Å². The van der Waals surface area contributed by atoms with Crippen molar-refractivity contribution in [2.75, 3.05) is 0 Å². The summed E-state index contributed by atoms with van der Waals surface area (Å²) in [5.74, 6) is 0. The van der Waals surface area contributed by atoms with Gasteiger partial charge in [0.05, 0.1) is 20.0 Å². The first-order valence-electron chi connectivity index (χ1n) is 7.54. The Hall–Kier alpha value is 0.283. The second kappa shape index (κ2) is 13.0. The quantitative estimate of drug-likeness (QED) is 0.395. The van der Waals surface area contributed by atoms with Crippen molar-refractivity contribution in [2.45, 2.75) is 33.1 Å². The Balaban J connectivity index is 0.000000523. The maximum atomic E-state index is 11.5. The molecule has 2 aromatic carbocycles. The first-order chi connectivity index (χ1) is 12.8. The average molecular weight is 558 g/mol. The van der Waals surface area contributed by atoms with Gasteiger partial charge in [-0.3, -0.25) is 0 Å². The molecule has 0 amide bonds. The van der Waals surface area contributed by atoms with Gasteiger partial charge in [-0.2, -0.15) is 0 Å². The van der Waals surface area contributed by atoms with E-state index in [1.165, 1.54) is 24.3 Å². The number of sulfonamides is 2. The molecular formula is C16H16N2O4S6Zn-6. The van der Waals surface area contributed by atoms with Crippen LogP contribution in [0.2, 0.25) is 0 Å². The van der Waals surface area contributed by atoms with Crippen LogP contribution in [0.3, 0.4) is 0 Å². The molecule has 2 aromatic rings. The molecule has 6 nitrogen and oxygen atoms in total. The summed E-state index contributed by atoms with van der Waals surface area (Å²) in [6.45, 7) is 3.74. The van der Waals surface area contributed by atoms with Gasteiger partial charge in [0.2, 0.25) is 0 Å². The molecule has 0 aliphatic carbocycles. The van der Waals surface area contributed by atoms with E-state index in [2.05, 4.69) is 60.0 Å². The third-order valence-corrected chi connectivity index (χ3v) is 6.76. The van der Waals surface area contributed by atoms with Crippen LogP contribution >= 0.6 is 0 Å². The molecule has 0 aliphatic rings. The molecule has 13 heteroatoms. The summed E-state index contributed by atoms with van der Waals surface area (Å²) < 4.78 is 50.4. The molecule has 0 aliphatic heterocycles. The fourth-order valence-electron chi connectivity index (χ4n) is 1.77. The average Bonchev–Trinajstić information content (AvgIpc) is 2.54. The van der Waals surface area contributed by atoms with Gasteiger partial charge in [-0.15, -0.1) is 0 Å². The van der Waals surface area contributed by atoms with Crippen molar-refractivity contribution in [3.8, 4) is 0 Å². The number of hydrogen-bond acceptors (Lipinski definition) is 8. The van der Waals surface area contributed by atoms with E-state index < -0.39 is 29.5 Å². The van der Waals surface area contributed by atoms with Gasteiger partial charge in [0.25, 0.3) is 0 Å². The van der Waals surface area contributed by atoms with Crippen LogP contribution in [0.5, 0.6) is 0 Å². The SMILES string of the molecule is Cc1ccc(S(=O)(=O)[N-]C([S-])[S-])cc1.Cc1ccc(S(=O)(=O)[N-]C([S-])[S-])cc1.[Zn]. The zero-order chi connectivity index (χ0) is 21.5. The fraction of sp³-hybridized carbons (Fsp3) is 0.250. The molecule has 0 atom stereocenters. The summed E-state index contributed by atoms with van der Waals surface area (Å²) in [6.07, 6.45) is 0.